The van der Waals surface area contributed by atoms with E-state index in [0.29, 0.717) is 22.7 Å². The van der Waals surface area contributed by atoms with E-state index in [2.05, 4.69) is 5.32 Å². The fourth-order valence-corrected chi connectivity index (χ4v) is 4.19. The van der Waals surface area contributed by atoms with Gasteiger partial charge in [-0.05, 0) is 62.0 Å². The van der Waals surface area contributed by atoms with E-state index in [1.807, 2.05) is 0 Å². The fraction of sp³-hybridized carbons (Fsp3) is 0.238. The summed E-state index contributed by atoms with van der Waals surface area (Å²) < 4.78 is 40.3. The van der Waals surface area contributed by atoms with Crippen LogP contribution in [0.4, 0.5) is 24.5 Å². The quantitative estimate of drug-likeness (QED) is 0.507. The summed E-state index contributed by atoms with van der Waals surface area (Å²) in [7, 11) is 0. The molecule has 0 saturated carbocycles. The summed E-state index contributed by atoms with van der Waals surface area (Å²) in [6, 6.07) is 9.38. The summed E-state index contributed by atoms with van der Waals surface area (Å²) in [5.41, 5.74) is -1.94. The van der Waals surface area contributed by atoms with E-state index in [1.54, 1.807) is 32.0 Å². The van der Waals surface area contributed by atoms with Gasteiger partial charge in [0.2, 0.25) is 6.41 Å². The van der Waals surface area contributed by atoms with Gasteiger partial charge >= 0.3 is 6.18 Å². The van der Waals surface area contributed by atoms with Gasteiger partial charge in [0.05, 0.1) is 22.9 Å². The smallest absolute Gasteiger partial charge is 0.355 e. The van der Waals surface area contributed by atoms with Crippen LogP contribution in [0, 0.1) is 11.3 Å². The second-order valence-corrected chi connectivity index (χ2v) is 8.20. The van der Waals surface area contributed by atoms with Crippen LogP contribution in [-0.2, 0) is 22.3 Å². The minimum absolute atomic E-state index is 0.0346. The van der Waals surface area contributed by atoms with Crippen LogP contribution >= 0.6 is 23.8 Å². The Hall–Kier alpha value is -3.16. The topological polar surface area (TPSA) is 76.4 Å². The van der Waals surface area contributed by atoms with Crippen molar-refractivity contribution in [3.8, 4) is 6.07 Å². The third-order valence-corrected chi connectivity index (χ3v) is 5.74. The number of amides is 2. The third-order valence-electron chi connectivity index (χ3n) is 5.03. The molecule has 1 aliphatic rings. The van der Waals surface area contributed by atoms with Gasteiger partial charge in [0.1, 0.15) is 5.54 Å². The Balaban J connectivity index is 2.06. The lowest BCUT2D eigenvalue weighted by molar-refractivity contribution is -0.137. The Morgan fingerprint density at radius 1 is 1.22 bits per heavy atom. The summed E-state index contributed by atoms with van der Waals surface area (Å²) in [5, 5.41) is 11.8. The van der Waals surface area contributed by atoms with E-state index >= 15 is 0 Å². The van der Waals surface area contributed by atoms with Crippen molar-refractivity contribution < 1.29 is 22.8 Å². The highest BCUT2D eigenvalue weighted by molar-refractivity contribution is 7.81. The number of thiocarbonyl (C=S) groups is 1. The summed E-state index contributed by atoms with van der Waals surface area (Å²) in [4.78, 5) is 26.2. The normalized spacial score (nSPS) is 15.7. The maximum atomic E-state index is 13.4. The summed E-state index contributed by atoms with van der Waals surface area (Å²) >= 11 is 11.8. The summed E-state index contributed by atoms with van der Waals surface area (Å²) in [5.74, 6) is -0.539. The van der Waals surface area contributed by atoms with Crippen molar-refractivity contribution >= 4 is 52.6 Å². The Morgan fingerprint density at radius 3 is 2.44 bits per heavy atom. The number of carbonyl (C=O) groups is 2. The SMILES string of the molecule is CC1(C)C(=O)N(c2ccc(C#N)c(C(F)(F)F)c2)C(=S)N1c1ccc(CNC=O)c(Cl)c1. The van der Waals surface area contributed by atoms with Gasteiger partial charge in [-0.2, -0.15) is 18.4 Å². The van der Waals surface area contributed by atoms with Gasteiger partial charge < -0.3 is 10.2 Å². The van der Waals surface area contributed by atoms with E-state index in [9.17, 15) is 22.8 Å². The molecule has 1 fully saturated rings. The lowest BCUT2D eigenvalue weighted by Crippen LogP contribution is -2.44. The average Bonchev–Trinajstić information content (AvgIpc) is 2.90. The first-order valence-electron chi connectivity index (χ1n) is 9.19. The van der Waals surface area contributed by atoms with Crippen molar-refractivity contribution in [1.29, 1.82) is 5.26 Å². The summed E-state index contributed by atoms with van der Waals surface area (Å²) in [6.07, 6.45) is -4.24. The Kier molecular flexibility index (Phi) is 6.18. The number of halogens is 4. The molecular weight excluding hydrogens is 465 g/mol. The van der Waals surface area contributed by atoms with Gasteiger partial charge in [-0.25, -0.2) is 0 Å². The van der Waals surface area contributed by atoms with Crippen LogP contribution in [0.3, 0.4) is 0 Å². The number of alkyl halides is 3. The maximum Gasteiger partial charge on any atom is 0.417 e. The first kappa shape index (κ1) is 23.5. The van der Waals surface area contributed by atoms with Gasteiger partial charge in [0, 0.05) is 17.3 Å². The molecule has 2 amide bonds. The predicted octanol–water partition coefficient (Wildman–Crippen LogP) is 4.39. The third kappa shape index (κ3) is 4.01. The molecule has 1 N–H and O–H groups in total. The molecule has 1 aliphatic heterocycles. The van der Waals surface area contributed by atoms with E-state index in [0.717, 1.165) is 17.0 Å². The molecule has 1 saturated heterocycles. The first-order chi connectivity index (χ1) is 14.9. The van der Waals surface area contributed by atoms with Gasteiger partial charge in [-0.15, -0.1) is 0 Å². The van der Waals surface area contributed by atoms with Gasteiger partial charge in [-0.1, -0.05) is 17.7 Å². The van der Waals surface area contributed by atoms with Gasteiger partial charge in [0.15, 0.2) is 5.11 Å². The highest BCUT2D eigenvalue weighted by Crippen LogP contribution is 2.40. The number of rotatable bonds is 5. The Bertz CT molecular complexity index is 1160. The maximum absolute atomic E-state index is 13.4. The summed E-state index contributed by atoms with van der Waals surface area (Å²) in [6.45, 7) is 3.38. The van der Waals surface area contributed by atoms with Crippen LogP contribution in [0.5, 0.6) is 0 Å². The molecule has 6 nitrogen and oxygen atoms in total. The Labute approximate surface area is 192 Å². The first-order valence-corrected chi connectivity index (χ1v) is 9.97. The van der Waals surface area contributed by atoms with Crippen LogP contribution < -0.4 is 15.1 Å². The number of hydrogen-bond donors (Lipinski definition) is 1. The van der Waals surface area contributed by atoms with E-state index < -0.39 is 28.7 Å². The Morgan fingerprint density at radius 2 is 1.88 bits per heavy atom. The molecule has 0 aromatic heterocycles. The molecule has 1 heterocycles. The van der Waals surface area contributed by atoms with Crippen molar-refractivity contribution in [2.24, 2.45) is 0 Å². The molecule has 2 aromatic rings. The number of carbonyl (C=O) groups excluding carboxylic acids is 2. The highest BCUT2D eigenvalue weighted by Gasteiger charge is 2.50. The standard InChI is InChI=1S/C21H16ClF3N4O2S/c1-20(2)18(31)28(14-5-3-12(9-26)16(7-14)21(23,24)25)19(32)29(20)15-6-4-13(10-27-11-30)17(22)8-15/h3-8,11H,10H2,1-2H3,(H,27,30). The zero-order valence-corrected chi connectivity index (χ0v) is 18.4. The lowest BCUT2D eigenvalue weighted by Gasteiger charge is -2.29. The van der Waals surface area contributed by atoms with Crippen LogP contribution in [0.25, 0.3) is 0 Å². The van der Waals surface area contributed by atoms with Gasteiger partial charge in [-0.3, -0.25) is 14.5 Å². The van der Waals surface area contributed by atoms with Gasteiger partial charge in [0.25, 0.3) is 5.91 Å². The predicted molar refractivity (Wildman–Crippen MR) is 117 cm³/mol. The number of nitriles is 1. The van der Waals surface area contributed by atoms with Crippen LogP contribution in [0.1, 0.15) is 30.5 Å². The average molecular weight is 481 g/mol. The molecule has 3 rings (SSSR count). The molecule has 0 atom stereocenters. The molecule has 32 heavy (non-hydrogen) atoms. The molecule has 0 bridgehead atoms. The molecule has 0 unspecified atom stereocenters. The van der Waals surface area contributed by atoms with Crippen LogP contribution in [0.15, 0.2) is 36.4 Å². The number of nitrogens with one attached hydrogen (secondary N) is 1. The second-order valence-electron chi connectivity index (χ2n) is 7.43. The largest absolute Gasteiger partial charge is 0.417 e. The minimum atomic E-state index is -4.78. The van der Waals surface area contributed by atoms with Crippen LogP contribution in [0.2, 0.25) is 5.02 Å². The monoisotopic (exact) mass is 480 g/mol. The van der Waals surface area contributed by atoms with E-state index in [-0.39, 0.29) is 17.3 Å². The van der Waals surface area contributed by atoms with Crippen molar-refractivity contribution in [1.82, 2.24) is 5.32 Å². The molecule has 166 valence electrons. The zero-order chi connectivity index (χ0) is 23.8. The number of nitrogens with zero attached hydrogens (tertiary/aromatic N) is 3. The number of hydrogen-bond acceptors (Lipinski definition) is 4. The molecule has 0 spiro atoms. The van der Waals surface area contributed by atoms with Crippen LogP contribution in [-0.4, -0.2) is 23.0 Å². The van der Waals surface area contributed by atoms with E-state index in [1.165, 1.54) is 17.0 Å². The second kappa shape index (κ2) is 8.41. The van der Waals surface area contributed by atoms with Crippen molar-refractivity contribution in [2.75, 3.05) is 9.80 Å². The van der Waals surface area contributed by atoms with E-state index in [4.69, 9.17) is 29.1 Å². The minimum Gasteiger partial charge on any atom is -0.355 e. The molecule has 2 aromatic carbocycles. The fourth-order valence-electron chi connectivity index (χ4n) is 3.43. The number of benzene rings is 2. The van der Waals surface area contributed by atoms with Crippen molar-refractivity contribution in [3.63, 3.8) is 0 Å². The molecule has 11 heteroatoms. The lowest BCUT2D eigenvalue weighted by atomic mass is 10.0. The van der Waals surface area contributed by atoms with Crippen molar-refractivity contribution in [2.45, 2.75) is 32.1 Å². The highest BCUT2D eigenvalue weighted by atomic mass is 35.5. The molecular formula is C21H16ClF3N4O2S. The molecule has 0 aliphatic carbocycles. The zero-order valence-electron chi connectivity index (χ0n) is 16.8. The van der Waals surface area contributed by atoms with Crippen molar-refractivity contribution in [3.05, 3.63) is 58.1 Å². The molecule has 0 radical (unpaired) electrons. The number of anilines is 2.